The smallest absolute Gasteiger partial charge is 0.224 e. The van der Waals surface area contributed by atoms with E-state index in [9.17, 15) is 0 Å². The summed E-state index contributed by atoms with van der Waals surface area (Å²) in [6.07, 6.45) is 7.69. The Morgan fingerprint density at radius 2 is 2.26 bits per heavy atom. The Balaban J connectivity index is 1.44. The van der Waals surface area contributed by atoms with Gasteiger partial charge in [0.2, 0.25) is 5.95 Å². The van der Waals surface area contributed by atoms with E-state index in [0.717, 1.165) is 36.4 Å². The molecule has 0 radical (unpaired) electrons. The normalized spacial score (nSPS) is 18.3. The molecule has 0 bridgehead atoms. The van der Waals surface area contributed by atoms with Crippen molar-refractivity contribution in [3.63, 3.8) is 0 Å². The maximum Gasteiger partial charge on any atom is 0.224 e. The summed E-state index contributed by atoms with van der Waals surface area (Å²) in [4.78, 5) is 4.32. The molecule has 1 aliphatic carbocycles. The van der Waals surface area contributed by atoms with E-state index in [1.807, 2.05) is 6.20 Å². The van der Waals surface area contributed by atoms with Crippen molar-refractivity contribution in [1.82, 2.24) is 19.7 Å². The summed E-state index contributed by atoms with van der Waals surface area (Å²) in [7, 11) is 0. The van der Waals surface area contributed by atoms with Crippen molar-refractivity contribution in [3.8, 4) is 0 Å². The number of anilines is 1. The highest BCUT2D eigenvalue weighted by atomic mass is 16.4. The zero-order valence-corrected chi connectivity index (χ0v) is 10.8. The van der Waals surface area contributed by atoms with Crippen LogP contribution in [0.4, 0.5) is 5.95 Å². The van der Waals surface area contributed by atoms with Crippen LogP contribution in [0.5, 0.6) is 0 Å². The van der Waals surface area contributed by atoms with Crippen LogP contribution < -0.4 is 5.32 Å². The summed E-state index contributed by atoms with van der Waals surface area (Å²) in [5.41, 5.74) is 0. The molecular formula is C13H17N5O. The molecule has 19 heavy (non-hydrogen) atoms. The molecule has 2 aromatic heterocycles. The lowest BCUT2D eigenvalue weighted by Gasteiger charge is -2.14. The number of aryl methyl sites for hydroxylation is 1. The Kier molecular flexibility index (Phi) is 2.53. The topological polar surface area (TPSA) is 68.8 Å². The molecule has 3 heterocycles. The minimum Gasteiger partial charge on any atom is -0.444 e. The van der Waals surface area contributed by atoms with E-state index in [1.54, 1.807) is 0 Å². The molecule has 0 saturated heterocycles. The van der Waals surface area contributed by atoms with Gasteiger partial charge in [0.05, 0.1) is 12.7 Å². The third-order valence-corrected chi connectivity index (χ3v) is 3.78. The van der Waals surface area contributed by atoms with Gasteiger partial charge in [0.15, 0.2) is 5.89 Å². The summed E-state index contributed by atoms with van der Waals surface area (Å²) >= 11 is 0. The molecule has 1 saturated carbocycles. The average molecular weight is 259 g/mol. The van der Waals surface area contributed by atoms with Crippen molar-refractivity contribution in [3.05, 3.63) is 23.7 Å². The fourth-order valence-electron chi connectivity index (χ4n) is 2.53. The zero-order valence-electron chi connectivity index (χ0n) is 10.8. The third kappa shape index (κ3) is 2.11. The van der Waals surface area contributed by atoms with Crippen molar-refractivity contribution in [2.75, 3.05) is 5.32 Å². The monoisotopic (exact) mass is 259 g/mol. The number of rotatable bonds is 4. The first kappa shape index (κ1) is 11.0. The Bertz CT molecular complexity index is 584. The van der Waals surface area contributed by atoms with Crippen LogP contribution in [0.3, 0.4) is 0 Å². The molecular weight excluding hydrogens is 242 g/mol. The molecule has 0 atom stereocenters. The van der Waals surface area contributed by atoms with E-state index in [2.05, 4.69) is 25.1 Å². The van der Waals surface area contributed by atoms with Crippen LogP contribution in [0, 0.1) is 0 Å². The number of hydrogen-bond donors (Lipinski definition) is 1. The highest BCUT2D eigenvalue weighted by molar-refractivity contribution is 5.27. The molecule has 0 aromatic carbocycles. The quantitative estimate of drug-likeness (QED) is 0.910. The number of oxazole rings is 1. The van der Waals surface area contributed by atoms with E-state index in [-0.39, 0.29) is 0 Å². The minimum atomic E-state index is 0.564. The first-order chi connectivity index (χ1) is 9.40. The van der Waals surface area contributed by atoms with Gasteiger partial charge in [-0.1, -0.05) is 0 Å². The Morgan fingerprint density at radius 1 is 1.32 bits per heavy atom. The SMILES string of the molecule is c1nc(C2CC2)oc1CNc1nnc2n1CCCC2. The highest BCUT2D eigenvalue weighted by Gasteiger charge is 2.28. The number of nitrogens with zero attached hydrogens (tertiary/aromatic N) is 4. The predicted octanol–water partition coefficient (Wildman–Crippen LogP) is 2.09. The van der Waals surface area contributed by atoms with Crippen LogP contribution in [-0.2, 0) is 19.5 Å². The first-order valence-electron chi connectivity index (χ1n) is 7.01. The van der Waals surface area contributed by atoms with Gasteiger partial charge in [-0.25, -0.2) is 4.98 Å². The van der Waals surface area contributed by atoms with E-state index < -0.39 is 0 Å². The summed E-state index contributed by atoms with van der Waals surface area (Å²) in [5, 5.41) is 11.7. The van der Waals surface area contributed by atoms with Gasteiger partial charge in [-0.15, -0.1) is 10.2 Å². The van der Waals surface area contributed by atoms with Crippen LogP contribution in [0.1, 0.15) is 49.1 Å². The maximum atomic E-state index is 5.72. The highest BCUT2D eigenvalue weighted by Crippen LogP contribution is 2.39. The molecule has 0 unspecified atom stereocenters. The Labute approximate surface area is 111 Å². The van der Waals surface area contributed by atoms with Crippen LogP contribution in [0.15, 0.2) is 10.6 Å². The molecule has 4 rings (SSSR count). The molecule has 6 nitrogen and oxygen atoms in total. The number of aromatic nitrogens is 4. The third-order valence-electron chi connectivity index (χ3n) is 3.78. The molecule has 0 spiro atoms. The van der Waals surface area contributed by atoms with Crippen molar-refractivity contribution in [2.45, 2.75) is 51.1 Å². The molecule has 0 amide bonds. The van der Waals surface area contributed by atoms with Gasteiger partial charge < -0.3 is 9.73 Å². The lowest BCUT2D eigenvalue weighted by atomic mass is 10.2. The Hall–Kier alpha value is -1.85. The number of nitrogens with one attached hydrogen (secondary N) is 1. The lowest BCUT2D eigenvalue weighted by Crippen LogP contribution is -2.13. The molecule has 1 aliphatic heterocycles. The van der Waals surface area contributed by atoms with Crippen LogP contribution in [0.2, 0.25) is 0 Å². The number of fused-ring (bicyclic) bond motifs is 1. The first-order valence-corrected chi connectivity index (χ1v) is 7.01. The van der Waals surface area contributed by atoms with Crippen LogP contribution in [0.25, 0.3) is 0 Å². The molecule has 6 heteroatoms. The number of hydrogen-bond acceptors (Lipinski definition) is 5. The predicted molar refractivity (Wildman–Crippen MR) is 68.8 cm³/mol. The van der Waals surface area contributed by atoms with E-state index in [0.29, 0.717) is 12.5 Å². The maximum absolute atomic E-state index is 5.72. The van der Waals surface area contributed by atoms with Crippen LogP contribution >= 0.6 is 0 Å². The van der Waals surface area contributed by atoms with Crippen molar-refractivity contribution in [2.24, 2.45) is 0 Å². The Morgan fingerprint density at radius 3 is 3.16 bits per heavy atom. The summed E-state index contributed by atoms with van der Waals surface area (Å²) in [6.45, 7) is 1.63. The molecule has 2 aliphatic rings. The van der Waals surface area contributed by atoms with E-state index in [4.69, 9.17) is 4.42 Å². The van der Waals surface area contributed by atoms with Crippen molar-refractivity contribution < 1.29 is 4.42 Å². The van der Waals surface area contributed by atoms with E-state index >= 15 is 0 Å². The summed E-state index contributed by atoms with van der Waals surface area (Å²) in [5.74, 6) is 4.26. The second kappa shape index (κ2) is 4.36. The standard InChI is InChI=1S/C13H17N5O/c1-2-6-18-11(3-1)16-17-13(18)15-8-10-7-14-12(19-10)9-4-5-9/h7,9H,1-6,8H2,(H,15,17). The lowest BCUT2D eigenvalue weighted by molar-refractivity contribution is 0.460. The molecule has 100 valence electrons. The van der Waals surface area contributed by atoms with Gasteiger partial charge in [-0.2, -0.15) is 0 Å². The molecule has 1 N–H and O–H groups in total. The second-order valence-corrected chi connectivity index (χ2v) is 5.34. The fraction of sp³-hybridized carbons (Fsp3) is 0.615. The van der Waals surface area contributed by atoms with Gasteiger partial charge in [-0.3, -0.25) is 4.57 Å². The zero-order chi connectivity index (χ0) is 12.7. The van der Waals surface area contributed by atoms with Gasteiger partial charge in [0.25, 0.3) is 0 Å². The van der Waals surface area contributed by atoms with Gasteiger partial charge in [0, 0.05) is 18.9 Å². The summed E-state index contributed by atoms with van der Waals surface area (Å²) < 4.78 is 7.89. The van der Waals surface area contributed by atoms with Gasteiger partial charge in [0.1, 0.15) is 11.6 Å². The average Bonchev–Trinajstić information content (AvgIpc) is 3.05. The van der Waals surface area contributed by atoms with E-state index in [1.165, 1.54) is 25.7 Å². The second-order valence-electron chi connectivity index (χ2n) is 5.34. The summed E-state index contributed by atoms with van der Waals surface area (Å²) in [6, 6.07) is 0. The molecule has 1 fully saturated rings. The van der Waals surface area contributed by atoms with Gasteiger partial charge >= 0.3 is 0 Å². The largest absolute Gasteiger partial charge is 0.444 e. The van der Waals surface area contributed by atoms with Crippen molar-refractivity contribution >= 4 is 5.95 Å². The van der Waals surface area contributed by atoms with Crippen molar-refractivity contribution in [1.29, 1.82) is 0 Å². The molecule has 2 aromatic rings. The minimum absolute atomic E-state index is 0.564. The van der Waals surface area contributed by atoms with Crippen LogP contribution in [-0.4, -0.2) is 19.7 Å². The van der Waals surface area contributed by atoms with Gasteiger partial charge in [-0.05, 0) is 25.7 Å². The fourth-order valence-corrected chi connectivity index (χ4v) is 2.53.